The van der Waals surface area contributed by atoms with Gasteiger partial charge in [0.25, 0.3) is 0 Å². The maximum atomic E-state index is 15.5. The Kier molecular flexibility index (Phi) is 46.8. The molecule has 0 bridgehead atoms. The molecule has 0 unspecified atom stereocenters. The first kappa shape index (κ1) is 118. The number of rotatable bonds is 61. The monoisotopic (exact) mass is 2080 g/mol. The molecule has 14 atom stereocenters. The number of nitrogens with one attached hydrogen (secondary N) is 21. The highest BCUT2D eigenvalue weighted by Crippen LogP contribution is 2.24. The number of imidazole rings is 1. The number of hydrogen-bond acceptors (Lipinski definition) is 25. The van der Waals surface area contributed by atoms with Gasteiger partial charge in [-0.15, -0.1) is 0 Å². The number of benzene rings is 5. The topological polar surface area (TPSA) is 809 Å². The second-order valence-corrected chi connectivity index (χ2v) is 37.0. The summed E-state index contributed by atoms with van der Waals surface area (Å²) < 4.78 is 0. The molecule has 0 radical (unpaired) electrons. The number of likely N-dealkylation sites (tertiary alicyclic amines) is 1. The Labute approximate surface area is 863 Å². The number of aromatic hydroxyl groups is 2. The van der Waals surface area contributed by atoms with E-state index in [1.807, 2.05) is 13.8 Å². The fourth-order valence-corrected chi connectivity index (χ4v) is 16.3. The predicted octanol–water partition coefficient (Wildman–Crippen LogP) is -3.99. The smallest absolute Gasteiger partial charge is 0.326 e. The summed E-state index contributed by atoms with van der Waals surface area (Å²) in [6, 6.07) is 13.1. The largest absolute Gasteiger partial charge is 0.508 e. The molecule has 33 N–H and O–H groups in total. The van der Waals surface area contributed by atoms with Crippen LogP contribution < -0.4 is 113 Å². The molecule has 0 aliphatic carbocycles. The molecule has 8 rings (SSSR count). The lowest BCUT2D eigenvalue weighted by atomic mass is 10.00. The quantitative estimate of drug-likeness (QED) is 0.00982. The van der Waals surface area contributed by atoms with Gasteiger partial charge in [-0.05, 0) is 135 Å². The number of carbonyl (C=O) groups is 19. The van der Waals surface area contributed by atoms with Crippen molar-refractivity contribution in [1.82, 2.24) is 110 Å². The van der Waals surface area contributed by atoms with Crippen LogP contribution in [0.3, 0.4) is 0 Å². The predicted molar refractivity (Wildman–Crippen MR) is 544 cm³/mol. The molecule has 3 heterocycles. The molecule has 2 aromatic heterocycles. The molecule has 0 spiro atoms. The van der Waals surface area contributed by atoms with E-state index in [0.29, 0.717) is 51.6 Å². The van der Waals surface area contributed by atoms with Crippen LogP contribution in [-0.2, 0) is 130 Å². The van der Waals surface area contributed by atoms with Crippen LogP contribution in [0.15, 0.2) is 152 Å². The molecule has 50 nitrogen and oxygen atoms in total. The zero-order valence-electron chi connectivity index (χ0n) is 83.7. The summed E-state index contributed by atoms with van der Waals surface area (Å²) in [5.74, 6) is -20.5. The lowest BCUT2D eigenvalue weighted by Gasteiger charge is -2.29. The third-order valence-electron chi connectivity index (χ3n) is 24.2. The molecule has 17 amide bonds. The van der Waals surface area contributed by atoms with Gasteiger partial charge >= 0.3 is 11.9 Å². The third-order valence-corrected chi connectivity index (χ3v) is 24.2. The number of H-pyrrole nitrogens is 2. The van der Waals surface area contributed by atoms with E-state index in [4.69, 9.17) is 33.8 Å². The minimum Gasteiger partial charge on any atom is -0.508 e. The summed E-state index contributed by atoms with van der Waals surface area (Å²) >= 11 is 0. The number of primary amides is 1. The van der Waals surface area contributed by atoms with E-state index in [-0.39, 0.29) is 119 Å². The highest BCUT2D eigenvalue weighted by Gasteiger charge is 2.41. The van der Waals surface area contributed by atoms with E-state index in [0.717, 1.165) is 0 Å². The first-order valence-electron chi connectivity index (χ1n) is 48.9. The Morgan fingerprint density at radius 3 is 1.31 bits per heavy atom. The van der Waals surface area contributed by atoms with Crippen molar-refractivity contribution in [3.63, 3.8) is 0 Å². The highest BCUT2D eigenvalue weighted by molar-refractivity contribution is 6.02. The Morgan fingerprint density at radius 2 is 0.840 bits per heavy atom. The number of nitrogens with two attached hydrogens (primary N) is 4. The van der Waals surface area contributed by atoms with Crippen LogP contribution in [0.2, 0.25) is 0 Å². The summed E-state index contributed by atoms with van der Waals surface area (Å²) in [6.45, 7) is 6.20. The van der Waals surface area contributed by atoms with Gasteiger partial charge in [0.2, 0.25) is 100 Å². The van der Waals surface area contributed by atoms with Gasteiger partial charge in [0.05, 0.1) is 32.0 Å². The number of aliphatic carboxylic acids is 2. The molecule has 5 aromatic carbocycles. The van der Waals surface area contributed by atoms with E-state index < -0.39 is 254 Å². The van der Waals surface area contributed by atoms with E-state index in [1.165, 1.54) is 72.9 Å². The second kappa shape index (κ2) is 59.5. The third kappa shape index (κ3) is 40.0. The molecule has 1 aliphatic heterocycles. The fraction of sp³-hybridized carbons (Fsp3) is 0.440. The molecule has 7 aromatic rings. The van der Waals surface area contributed by atoms with Crippen molar-refractivity contribution in [2.24, 2.45) is 34.8 Å². The summed E-state index contributed by atoms with van der Waals surface area (Å²) in [5, 5.41) is 99.2. The summed E-state index contributed by atoms with van der Waals surface area (Å²) in [5.41, 5.74) is 25.7. The molecule has 808 valence electrons. The second-order valence-electron chi connectivity index (χ2n) is 37.0. The number of hydrogen-bond donors (Lipinski definition) is 29. The molecule has 1 aliphatic rings. The van der Waals surface area contributed by atoms with Crippen molar-refractivity contribution in [1.29, 1.82) is 10.8 Å². The number of fused-ring (bicyclic) bond motifs is 1. The molecular weight excluding hydrogens is 1950 g/mol. The average Bonchev–Trinajstić information content (AvgIpc) is 1.64. The Balaban J connectivity index is 0.990. The van der Waals surface area contributed by atoms with Gasteiger partial charge in [-0.3, -0.25) is 97.1 Å². The number of para-hydroxylation sites is 1. The lowest BCUT2D eigenvalue weighted by molar-refractivity contribution is -0.142. The molecule has 1 fully saturated rings. The van der Waals surface area contributed by atoms with Crippen LogP contribution >= 0.6 is 0 Å². The Morgan fingerprint density at radius 1 is 0.427 bits per heavy atom. The minimum atomic E-state index is -1.77. The van der Waals surface area contributed by atoms with Crippen LogP contribution in [0.5, 0.6) is 11.5 Å². The molecule has 1 saturated heterocycles. The number of carbonyl (C=O) groups excluding carboxylic acids is 17. The molecule has 0 saturated carbocycles. The number of nitrogens with zero attached hydrogens (tertiary/aromatic N) is 2. The van der Waals surface area contributed by atoms with Gasteiger partial charge in [0.15, 0.2) is 11.9 Å². The van der Waals surface area contributed by atoms with Crippen LogP contribution in [0.1, 0.15) is 139 Å². The maximum absolute atomic E-state index is 15.5. The number of aromatic nitrogens is 3. The van der Waals surface area contributed by atoms with Crippen LogP contribution in [0.4, 0.5) is 0 Å². The van der Waals surface area contributed by atoms with E-state index in [1.54, 1.807) is 105 Å². The Bertz CT molecular complexity index is 5840. The molecular formula is C100H135N27O23. The van der Waals surface area contributed by atoms with Crippen LogP contribution in [0.25, 0.3) is 10.9 Å². The number of phenols is 2. The average molecular weight is 2080 g/mol. The number of aromatic amines is 2. The van der Waals surface area contributed by atoms with Gasteiger partial charge in [0, 0.05) is 100.0 Å². The van der Waals surface area contributed by atoms with Crippen molar-refractivity contribution in [3.8, 4) is 11.5 Å². The van der Waals surface area contributed by atoms with Gasteiger partial charge in [0.1, 0.15) is 90.0 Å². The van der Waals surface area contributed by atoms with Crippen molar-refractivity contribution in [3.05, 3.63) is 186 Å². The van der Waals surface area contributed by atoms with Crippen LogP contribution in [0, 0.1) is 22.7 Å². The highest BCUT2D eigenvalue weighted by atomic mass is 16.4. The van der Waals surface area contributed by atoms with E-state index in [2.05, 4.69) is 105 Å². The minimum absolute atomic E-state index is 0.0321. The number of carboxylic acid groups (broad SMARTS) is 2. The molecule has 150 heavy (non-hydrogen) atoms. The summed E-state index contributed by atoms with van der Waals surface area (Å²) in [4.78, 5) is 279. The first-order valence-corrected chi connectivity index (χ1v) is 48.9. The molecule has 50 heteroatoms. The number of amides is 17. The van der Waals surface area contributed by atoms with Gasteiger partial charge in [-0.25, -0.2) is 9.78 Å². The first-order chi connectivity index (χ1) is 71.4. The number of phenolic OH excluding ortho intramolecular Hbond substituents is 2. The standard InChI is InChI=1S/C100H135N27O23/c1-54(2)41-66(101)86(137)113-52-82(133)127-40-16-25-78(127)96(147)126-84(55(3)4)97(148)125-73(44-59-26-30-63(128)31-27-59)88(139)112-51-81(132)116-74(43-58-19-10-7-11-20-58)92(143)119-69(34-36-79(102)130)90(141)123-76(46-61-48-110-67-22-13-12-21-65(61)67)94(145)118-68(23-14-38-108-99(103)104)89(140)124-77(47-62-49-107-53-114-62)95(146)121-72(42-57-17-8-6-9-18-57)87(138)111-50-80(131)115-56(5)85(136)117-70(35-37-83(134)135)91(142)122-75(45-60-28-32-64(129)33-29-60)93(144)120-71(98(149)150)24-15-39-109-100(105)106/h6-13,17-22,26-33,48-49,53-56,66,68-78,84,110,128-129H,14-16,23-25,34-47,50-52,101H2,1-5H3,(H2,102,130)(H,107,114)(H,111,138)(H,112,139)(H,113,137)(H,115,131)(H,116,132)(H,117,136)(H,118,145)(H,119,143)(H,120,144)(H,121,146)(H,122,142)(H,123,141)(H,124,140)(H,125,148)(H,126,147)(H,134,135)(H,149,150)(H4,103,104,108)(H4,105,106,109)/t56-,66-,68-,69-,70-,71-,72-,73-,74-,75-,76-,77-,78-,84-/m0/s1. The zero-order chi connectivity index (χ0) is 110. The fourth-order valence-electron chi connectivity index (χ4n) is 16.3. The summed E-state index contributed by atoms with van der Waals surface area (Å²) in [6.07, 6.45) is 0.515. The van der Waals surface area contributed by atoms with Crippen molar-refractivity contribution in [2.75, 3.05) is 39.3 Å². The SMILES string of the molecule is CC(C)C[C@H](N)C(=O)NCC(=O)N1CCC[C@H]1C(=O)N[C@H](C(=O)N[C@@H](Cc1ccc(O)cc1)C(=O)NCC(=O)N[C@@H](Cc1ccccc1)C(=O)N[C@@H](CCC(N)=O)C(=O)N[C@@H](Cc1c[nH]c2ccccc12)C(=O)N[C@@H](CCCNC(=N)N)C(=O)N[C@@H](Cc1cnc[nH]1)C(=O)N[C@@H](Cc1ccccc1)C(=O)NCC(=O)N[C@@H](C)C(=O)N[C@@H](CCC(=O)O)C(=O)N[C@@H](Cc1ccc(O)cc1)C(=O)N[C@@H](CCCNC(=N)N)C(=O)O)C(C)C. The zero-order valence-corrected chi connectivity index (χ0v) is 83.7. The van der Waals surface area contributed by atoms with Crippen molar-refractivity contribution >= 4 is 135 Å². The van der Waals surface area contributed by atoms with Crippen LogP contribution in [-0.4, -0.2) is 288 Å². The van der Waals surface area contributed by atoms with E-state index >= 15 is 24.0 Å². The maximum Gasteiger partial charge on any atom is 0.326 e. The van der Waals surface area contributed by atoms with Gasteiger partial charge in [-0.1, -0.05) is 131 Å². The number of guanidine groups is 2. The number of carboxylic acids is 2. The lowest BCUT2D eigenvalue weighted by Crippen LogP contribution is -2.61. The summed E-state index contributed by atoms with van der Waals surface area (Å²) in [7, 11) is 0. The van der Waals surface area contributed by atoms with Crippen molar-refractivity contribution in [2.45, 2.75) is 228 Å². The van der Waals surface area contributed by atoms with E-state index in [9.17, 15) is 87.5 Å². The van der Waals surface area contributed by atoms with Gasteiger partial charge in [-0.2, -0.15) is 0 Å². The Hall–Kier alpha value is -17.1. The normalized spacial score (nSPS) is 14.7. The van der Waals surface area contributed by atoms with Gasteiger partial charge < -0.3 is 149 Å². The van der Waals surface area contributed by atoms with Crippen molar-refractivity contribution < 1.29 is 112 Å².